The van der Waals surface area contributed by atoms with Crippen LogP contribution in [0.25, 0.3) is 0 Å². The molecule has 0 rings (SSSR count). The first-order valence-electron chi connectivity index (χ1n) is 2.81. The molecule has 0 saturated carbocycles. The monoisotopic (exact) mass is 164 g/mol. The summed E-state index contributed by atoms with van der Waals surface area (Å²) in [7, 11) is 0. The van der Waals surface area contributed by atoms with E-state index in [-0.39, 0.29) is 11.5 Å². The van der Waals surface area contributed by atoms with Gasteiger partial charge in [-0.25, -0.2) is 4.79 Å². The van der Waals surface area contributed by atoms with Crippen LogP contribution in [0.15, 0.2) is 11.1 Å². The van der Waals surface area contributed by atoms with Crippen LogP contribution in [0.3, 0.4) is 0 Å². The lowest BCUT2D eigenvalue weighted by Crippen LogP contribution is -1.99. The Hall–Kier alpha value is -0.540. The number of aliphatic hydroxyl groups excluding tert-OH is 1. The number of halogens is 1. The number of carboxylic acids is 1. The Labute approximate surface area is 63.9 Å². The molecule has 0 fully saturated rings. The van der Waals surface area contributed by atoms with E-state index < -0.39 is 12.1 Å². The van der Waals surface area contributed by atoms with Crippen LogP contribution in [0.2, 0.25) is 0 Å². The minimum Gasteiger partial charge on any atom is -0.477 e. The highest BCUT2D eigenvalue weighted by Gasteiger charge is 2.01. The zero-order chi connectivity index (χ0) is 8.15. The molecule has 0 aromatic rings. The summed E-state index contributed by atoms with van der Waals surface area (Å²) in [6.07, 6.45) is 0.993. The molecule has 2 N–H and O–H groups in total. The minimum atomic E-state index is -1.16. The van der Waals surface area contributed by atoms with E-state index in [1.54, 1.807) is 6.92 Å². The Kier molecular flexibility index (Phi) is 4.07. The maximum absolute atomic E-state index is 10.0. The average molecular weight is 165 g/mol. The van der Waals surface area contributed by atoms with Gasteiger partial charge in [-0.15, -0.1) is 0 Å². The third-order valence-corrected chi connectivity index (χ3v) is 1.16. The van der Waals surface area contributed by atoms with Crippen LogP contribution in [0.5, 0.6) is 0 Å². The fourth-order valence-electron chi connectivity index (χ4n) is 0.361. The zero-order valence-electron chi connectivity index (χ0n) is 5.54. The van der Waals surface area contributed by atoms with Gasteiger partial charge in [0, 0.05) is 0 Å². The summed E-state index contributed by atoms with van der Waals surface area (Å²) in [4.78, 5) is 10.0. The zero-order valence-corrected chi connectivity index (χ0v) is 6.30. The van der Waals surface area contributed by atoms with Crippen LogP contribution in [0.4, 0.5) is 0 Å². The van der Waals surface area contributed by atoms with Gasteiger partial charge in [0.1, 0.15) is 5.03 Å². The van der Waals surface area contributed by atoms with Crippen LogP contribution in [-0.2, 0) is 4.79 Å². The maximum Gasteiger partial charge on any atom is 0.346 e. The molecule has 10 heavy (non-hydrogen) atoms. The molecular formula is C6H9ClO3. The van der Waals surface area contributed by atoms with Gasteiger partial charge in [0.15, 0.2) is 0 Å². The predicted molar refractivity (Wildman–Crippen MR) is 37.9 cm³/mol. The standard InChI is InChI=1S/C6H9ClO3/c1-4(8)2-3-5(7)6(9)10/h3-4,8H,2H2,1H3,(H,9,10)/b5-3-. The van der Waals surface area contributed by atoms with Crippen LogP contribution < -0.4 is 0 Å². The molecular weight excluding hydrogens is 156 g/mol. The van der Waals surface area contributed by atoms with Crippen molar-refractivity contribution in [3.63, 3.8) is 0 Å². The summed E-state index contributed by atoms with van der Waals surface area (Å²) in [6.45, 7) is 1.56. The predicted octanol–water partition coefficient (Wildman–Crippen LogP) is 0.965. The first-order chi connectivity index (χ1) is 4.54. The van der Waals surface area contributed by atoms with Gasteiger partial charge in [0.2, 0.25) is 0 Å². The quantitative estimate of drug-likeness (QED) is 0.611. The molecule has 58 valence electrons. The van der Waals surface area contributed by atoms with Crippen molar-refractivity contribution in [1.82, 2.24) is 0 Å². The van der Waals surface area contributed by atoms with Crippen LogP contribution in [-0.4, -0.2) is 22.3 Å². The van der Waals surface area contributed by atoms with Gasteiger partial charge in [0.25, 0.3) is 0 Å². The summed E-state index contributed by atoms with van der Waals surface area (Å²) in [6, 6.07) is 0. The number of rotatable bonds is 3. The van der Waals surface area contributed by atoms with E-state index in [1.807, 2.05) is 0 Å². The van der Waals surface area contributed by atoms with Gasteiger partial charge in [-0.3, -0.25) is 0 Å². The molecule has 0 aliphatic heterocycles. The highest BCUT2D eigenvalue weighted by molar-refractivity contribution is 6.40. The lowest BCUT2D eigenvalue weighted by atomic mass is 10.3. The molecule has 0 aliphatic rings. The van der Waals surface area contributed by atoms with Crippen molar-refractivity contribution in [2.75, 3.05) is 0 Å². The molecule has 4 heteroatoms. The molecule has 0 aromatic heterocycles. The van der Waals surface area contributed by atoms with Gasteiger partial charge in [-0.1, -0.05) is 17.7 Å². The SMILES string of the molecule is CC(O)C/C=C(\Cl)C(=O)O. The second-order valence-electron chi connectivity index (χ2n) is 1.94. The highest BCUT2D eigenvalue weighted by atomic mass is 35.5. The van der Waals surface area contributed by atoms with Gasteiger partial charge < -0.3 is 10.2 Å². The Morgan fingerprint density at radius 3 is 2.60 bits per heavy atom. The first kappa shape index (κ1) is 9.46. The third-order valence-electron chi connectivity index (χ3n) is 0.842. The molecule has 0 radical (unpaired) electrons. The molecule has 1 atom stereocenters. The normalized spacial score (nSPS) is 14.9. The number of aliphatic carboxylic acids is 1. The van der Waals surface area contributed by atoms with Gasteiger partial charge >= 0.3 is 5.97 Å². The van der Waals surface area contributed by atoms with E-state index in [2.05, 4.69) is 0 Å². The summed E-state index contributed by atoms with van der Waals surface area (Å²) < 4.78 is 0. The van der Waals surface area contributed by atoms with Crippen LogP contribution >= 0.6 is 11.6 Å². The van der Waals surface area contributed by atoms with E-state index in [4.69, 9.17) is 21.8 Å². The van der Waals surface area contributed by atoms with E-state index in [1.165, 1.54) is 6.08 Å². The van der Waals surface area contributed by atoms with E-state index in [0.717, 1.165) is 0 Å². The Morgan fingerprint density at radius 1 is 1.80 bits per heavy atom. The number of carboxylic acid groups (broad SMARTS) is 1. The van der Waals surface area contributed by atoms with Crippen molar-refractivity contribution in [3.8, 4) is 0 Å². The third kappa shape index (κ3) is 4.35. The molecule has 3 nitrogen and oxygen atoms in total. The molecule has 0 saturated heterocycles. The molecule has 0 spiro atoms. The van der Waals surface area contributed by atoms with Crippen molar-refractivity contribution in [3.05, 3.63) is 11.1 Å². The molecule has 1 unspecified atom stereocenters. The fraction of sp³-hybridized carbons (Fsp3) is 0.500. The lowest BCUT2D eigenvalue weighted by molar-refractivity contribution is -0.131. The molecule has 0 amide bonds. The van der Waals surface area contributed by atoms with Crippen molar-refractivity contribution < 1.29 is 15.0 Å². The Bertz CT molecular complexity index is 151. The molecule has 0 aromatic carbocycles. The summed E-state index contributed by atoms with van der Waals surface area (Å²) in [5.41, 5.74) is 0. The van der Waals surface area contributed by atoms with Crippen LogP contribution in [0, 0.1) is 0 Å². The van der Waals surface area contributed by atoms with E-state index in [0.29, 0.717) is 0 Å². The van der Waals surface area contributed by atoms with Gasteiger partial charge in [-0.2, -0.15) is 0 Å². The van der Waals surface area contributed by atoms with Crippen molar-refractivity contribution in [2.45, 2.75) is 19.4 Å². The summed E-state index contributed by atoms with van der Waals surface area (Å²) in [5, 5.41) is 16.7. The summed E-state index contributed by atoms with van der Waals surface area (Å²) >= 11 is 5.21. The largest absolute Gasteiger partial charge is 0.477 e. The number of hydrogen-bond donors (Lipinski definition) is 2. The Balaban J connectivity index is 3.81. The van der Waals surface area contributed by atoms with Gasteiger partial charge in [0.05, 0.1) is 6.10 Å². The smallest absolute Gasteiger partial charge is 0.346 e. The number of aliphatic hydroxyl groups is 1. The maximum atomic E-state index is 10.0. The van der Waals surface area contributed by atoms with Crippen molar-refractivity contribution in [2.24, 2.45) is 0 Å². The van der Waals surface area contributed by atoms with E-state index in [9.17, 15) is 4.79 Å². The molecule has 0 heterocycles. The second-order valence-corrected chi connectivity index (χ2v) is 2.35. The number of hydrogen-bond acceptors (Lipinski definition) is 2. The second kappa shape index (κ2) is 4.30. The molecule has 0 aliphatic carbocycles. The highest BCUT2D eigenvalue weighted by Crippen LogP contribution is 2.03. The lowest BCUT2D eigenvalue weighted by Gasteiger charge is -1.96. The van der Waals surface area contributed by atoms with Crippen molar-refractivity contribution in [1.29, 1.82) is 0 Å². The van der Waals surface area contributed by atoms with E-state index >= 15 is 0 Å². The first-order valence-corrected chi connectivity index (χ1v) is 3.19. The minimum absolute atomic E-state index is 0.249. The number of carbonyl (C=O) groups is 1. The fourth-order valence-corrected chi connectivity index (χ4v) is 0.450. The average Bonchev–Trinajstić information content (AvgIpc) is 1.82. The topological polar surface area (TPSA) is 57.5 Å². The van der Waals surface area contributed by atoms with Crippen LogP contribution in [0.1, 0.15) is 13.3 Å². The summed E-state index contributed by atoms with van der Waals surface area (Å²) in [5.74, 6) is -1.16. The molecule has 0 bridgehead atoms. The van der Waals surface area contributed by atoms with Crippen molar-refractivity contribution >= 4 is 17.6 Å². The van der Waals surface area contributed by atoms with Gasteiger partial charge in [-0.05, 0) is 13.3 Å². The Morgan fingerprint density at radius 2 is 2.30 bits per heavy atom.